The summed E-state index contributed by atoms with van der Waals surface area (Å²) in [5.74, 6) is 1.69. The molecular formula is C15H17N3O. The number of para-hydroxylation sites is 1. The number of hydrogen-bond acceptors (Lipinski definition) is 4. The zero-order chi connectivity index (χ0) is 13.2. The minimum Gasteiger partial charge on any atom is -0.493 e. The molecule has 1 aromatic heterocycles. The third-order valence-corrected chi connectivity index (χ3v) is 3.48. The van der Waals surface area contributed by atoms with Gasteiger partial charge in [0.05, 0.1) is 18.3 Å². The number of aryl methyl sites for hydroxylation is 1. The number of rotatable bonds is 2. The highest BCUT2D eigenvalue weighted by Gasteiger charge is 2.21. The first kappa shape index (κ1) is 11.8. The van der Waals surface area contributed by atoms with E-state index in [1.54, 1.807) is 6.20 Å². The van der Waals surface area contributed by atoms with Gasteiger partial charge in [0.1, 0.15) is 11.6 Å². The SMILES string of the molecule is Cc1ccnc(NC2CCOc3ccccc32)c1N. The van der Waals surface area contributed by atoms with E-state index in [0.29, 0.717) is 12.3 Å². The molecule has 1 aromatic carbocycles. The van der Waals surface area contributed by atoms with Gasteiger partial charge in [-0.1, -0.05) is 18.2 Å². The van der Waals surface area contributed by atoms with Crippen LogP contribution >= 0.6 is 0 Å². The molecule has 3 N–H and O–H groups in total. The molecule has 2 aromatic rings. The summed E-state index contributed by atoms with van der Waals surface area (Å²) in [6.45, 7) is 2.69. The van der Waals surface area contributed by atoms with Crippen LogP contribution in [0.2, 0.25) is 0 Å². The van der Waals surface area contributed by atoms with E-state index in [1.165, 1.54) is 0 Å². The lowest BCUT2D eigenvalue weighted by atomic mass is 10.0. The third-order valence-electron chi connectivity index (χ3n) is 3.48. The number of aromatic nitrogens is 1. The van der Waals surface area contributed by atoms with Crippen LogP contribution in [0.1, 0.15) is 23.6 Å². The van der Waals surface area contributed by atoms with E-state index in [9.17, 15) is 0 Å². The van der Waals surface area contributed by atoms with E-state index in [2.05, 4.69) is 16.4 Å². The topological polar surface area (TPSA) is 60.2 Å². The number of pyridine rings is 1. The third kappa shape index (κ3) is 2.21. The lowest BCUT2D eigenvalue weighted by Gasteiger charge is -2.27. The Kier molecular flexibility index (Phi) is 2.99. The molecule has 0 bridgehead atoms. The molecule has 1 unspecified atom stereocenters. The molecule has 0 aliphatic carbocycles. The van der Waals surface area contributed by atoms with Crippen molar-refractivity contribution < 1.29 is 4.74 Å². The number of nitrogen functional groups attached to an aromatic ring is 1. The maximum atomic E-state index is 6.06. The predicted molar refractivity (Wildman–Crippen MR) is 76.3 cm³/mol. The second-order valence-electron chi connectivity index (χ2n) is 4.76. The number of nitrogens with zero attached hydrogens (tertiary/aromatic N) is 1. The van der Waals surface area contributed by atoms with Gasteiger partial charge in [0, 0.05) is 18.2 Å². The van der Waals surface area contributed by atoms with Gasteiger partial charge < -0.3 is 15.8 Å². The Morgan fingerprint density at radius 1 is 1.32 bits per heavy atom. The van der Waals surface area contributed by atoms with Crippen molar-refractivity contribution in [1.82, 2.24) is 4.98 Å². The zero-order valence-electron chi connectivity index (χ0n) is 10.9. The molecule has 2 heterocycles. The summed E-state index contributed by atoms with van der Waals surface area (Å²) < 4.78 is 5.65. The first-order valence-corrected chi connectivity index (χ1v) is 6.45. The molecule has 1 atom stereocenters. The van der Waals surface area contributed by atoms with Crippen molar-refractivity contribution >= 4 is 11.5 Å². The van der Waals surface area contributed by atoms with Crippen molar-refractivity contribution in [2.75, 3.05) is 17.7 Å². The van der Waals surface area contributed by atoms with Gasteiger partial charge in [-0.15, -0.1) is 0 Å². The smallest absolute Gasteiger partial charge is 0.149 e. The van der Waals surface area contributed by atoms with Gasteiger partial charge in [0.25, 0.3) is 0 Å². The van der Waals surface area contributed by atoms with Crippen LogP contribution in [0, 0.1) is 6.92 Å². The average molecular weight is 255 g/mol. The molecule has 0 fully saturated rings. The Morgan fingerprint density at radius 2 is 2.16 bits per heavy atom. The van der Waals surface area contributed by atoms with Crippen LogP contribution in [0.15, 0.2) is 36.5 Å². The van der Waals surface area contributed by atoms with Crippen molar-refractivity contribution in [2.45, 2.75) is 19.4 Å². The van der Waals surface area contributed by atoms with Crippen molar-refractivity contribution in [1.29, 1.82) is 0 Å². The number of hydrogen-bond donors (Lipinski definition) is 2. The van der Waals surface area contributed by atoms with Crippen LogP contribution in [-0.4, -0.2) is 11.6 Å². The van der Waals surface area contributed by atoms with Crippen molar-refractivity contribution in [3.05, 3.63) is 47.7 Å². The Morgan fingerprint density at radius 3 is 3.05 bits per heavy atom. The van der Waals surface area contributed by atoms with Crippen LogP contribution in [-0.2, 0) is 0 Å². The normalized spacial score (nSPS) is 17.4. The average Bonchev–Trinajstić information content (AvgIpc) is 2.44. The minimum absolute atomic E-state index is 0.196. The molecule has 1 aliphatic heterocycles. The van der Waals surface area contributed by atoms with Gasteiger partial charge in [-0.3, -0.25) is 0 Å². The van der Waals surface area contributed by atoms with E-state index in [-0.39, 0.29) is 6.04 Å². The second kappa shape index (κ2) is 4.80. The van der Waals surface area contributed by atoms with Crippen LogP contribution in [0.3, 0.4) is 0 Å². The molecule has 0 radical (unpaired) electrons. The molecular weight excluding hydrogens is 238 g/mol. The highest BCUT2D eigenvalue weighted by molar-refractivity contribution is 5.65. The van der Waals surface area contributed by atoms with Crippen molar-refractivity contribution in [2.24, 2.45) is 0 Å². The highest BCUT2D eigenvalue weighted by atomic mass is 16.5. The molecule has 0 amide bonds. The van der Waals surface area contributed by atoms with Crippen LogP contribution in [0.5, 0.6) is 5.75 Å². The number of benzene rings is 1. The molecule has 0 saturated carbocycles. The standard InChI is InChI=1S/C15H17N3O/c1-10-6-8-17-15(14(10)16)18-12-7-9-19-13-5-3-2-4-11(12)13/h2-6,8,12H,7,9,16H2,1H3,(H,17,18). The molecule has 98 valence electrons. The minimum atomic E-state index is 0.196. The first-order chi connectivity index (χ1) is 9.25. The van der Waals surface area contributed by atoms with Gasteiger partial charge in [-0.2, -0.15) is 0 Å². The number of anilines is 2. The number of fused-ring (bicyclic) bond motifs is 1. The highest BCUT2D eigenvalue weighted by Crippen LogP contribution is 2.34. The largest absolute Gasteiger partial charge is 0.493 e. The molecule has 4 nitrogen and oxygen atoms in total. The van der Waals surface area contributed by atoms with Crippen molar-refractivity contribution in [3.63, 3.8) is 0 Å². The number of ether oxygens (including phenoxy) is 1. The fourth-order valence-corrected chi connectivity index (χ4v) is 2.34. The van der Waals surface area contributed by atoms with Gasteiger partial charge >= 0.3 is 0 Å². The Labute approximate surface area is 112 Å². The summed E-state index contributed by atoms with van der Waals surface area (Å²) >= 11 is 0. The maximum Gasteiger partial charge on any atom is 0.149 e. The summed E-state index contributed by atoms with van der Waals surface area (Å²) in [4.78, 5) is 4.33. The zero-order valence-corrected chi connectivity index (χ0v) is 10.9. The molecule has 3 rings (SSSR count). The van der Waals surface area contributed by atoms with Gasteiger partial charge in [0.15, 0.2) is 0 Å². The number of nitrogens with one attached hydrogen (secondary N) is 1. The van der Waals surface area contributed by atoms with Crippen molar-refractivity contribution in [3.8, 4) is 5.75 Å². The van der Waals surface area contributed by atoms with E-state index in [4.69, 9.17) is 10.5 Å². The van der Waals surface area contributed by atoms with Gasteiger partial charge in [-0.25, -0.2) is 4.98 Å². The monoisotopic (exact) mass is 255 g/mol. The Hall–Kier alpha value is -2.23. The van der Waals surface area contributed by atoms with Crippen LogP contribution in [0.4, 0.5) is 11.5 Å². The molecule has 19 heavy (non-hydrogen) atoms. The summed E-state index contributed by atoms with van der Waals surface area (Å²) in [6.07, 6.45) is 2.69. The summed E-state index contributed by atoms with van der Waals surface area (Å²) in [5, 5.41) is 3.43. The maximum absolute atomic E-state index is 6.06. The number of nitrogens with two attached hydrogens (primary N) is 1. The fourth-order valence-electron chi connectivity index (χ4n) is 2.34. The summed E-state index contributed by atoms with van der Waals surface area (Å²) in [7, 11) is 0. The fraction of sp³-hybridized carbons (Fsp3) is 0.267. The van der Waals surface area contributed by atoms with E-state index in [1.807, 2.05) is 31.2 Å². The molecule has 0 saturated heterocycles. The van der Waals surface area contributed by atoms with Gasteiger partial charge in [0.2, 0.25) is 0 Å². The van der Waals surface area contributed by atoms with Crippen LogP contribution in [0.25, 0.3) is 0 Å². The van der Waals surface area contributed by atoms with Crippen LogP contribution < -0.4 is 15.8 Å². The second-order valence-corrected chi connectivity index (χ2v) is 4.76. The predicted octanol–water partition coefficient (Wildman–Crippen LogP) is 2.91. The summed E-state index contributed by atoms with van der Waals surface area (Å²) in [6, 6.07) is 10.2. The molecule has 1 aliphatic rings. The Bertz CT molecular complexity index is 598. The lowest BCUT2D eigenvalue weighted by molar-refractivity contribution is 0.274. The Balaban J connectivity index is 1.91. The van der Waals surface area contributed by atoms with E-state index in [0.717, 1.165) is 29.1 Å². The lowest BCUT2D eigenvalue weighted by Crippen LogP contribution is -2.21. The molecule has 0 spiro atoms. The van der Waals surface area contributed by atoms with E-state index >= 15 is 0 Å². The first-order valence-electron chi connectivity index (χ1n) is 6.45. The molecule has 4 heteroatoms. The van der Waals surface area contributed by atoms with E-state index < -0.39 is 0 Å². The summed E-state index contributed by atoms with van der Waals surface area (Å²) in [5.41, 5.74) is 8.98. The quantitative estimate of drug-likeness (QED) is 0.866. The van der Waals surface area contributed by atoms with Gasteiger partial charge in [-0.05, 0) is 24.6 Å².